The summed E-state index contributed by atoms with van der Waals surface area (Å²) in [6.07, 6.45) is -0.569. The number of ether oxygens (including phenoxy) is 1. The fourth-order valence-electron chi connectivity index (χ4n) is 1.93. The van der Waals surface area contributed by atoms with Crippen molar-refractivity contribution in [3.8, 4) is 0 Å². The highest BCUT2D eigenvalue weighted by Gasteiger charge is 2.62. The summed E-state index contributed by atoms with van der Waals surface area (Å²) in [4.78, 5) is 10.3. The van der Waals surface area contributed by atoms with Crippen LogP contribution in [-0.2, 0) is 9.53 Å². The van der Waals surface area contributed by atoms with Gasteiger partial charge in [-0.3, -0.25) is 4.79 Å². The summed E-state index contributed by atoms with van der Waals surface area (Å²) in [5.41, 5.74) is 0. The van der Waals surface area contributed by atoms with E-state index in [0.29, 0.717) is 0 Å². The number of hydrogen-bond donors (Lipinski definition) is 0. The van der Waals surface area contributed by atoms with Crippen molar-refractivity contribution in [2.45, 2.75) is 50.3 Å². The number of hydrogen-bond acceptors (Lipinski definition) is 2. The van der Waals surface area contributed by atoms with Crippen LogP contribution in [0.4, 0.5) is 22.0 Å². The van der Waals surface area contributed by atoms with Gasteiger partial charge in [-0.15, -0.1) is 0 Å². The molecular weight excluding hydrogens is 271 g/mol. The molecule has 1 rings (SSSR count). The van der Waals surface area contributed by atoms with Gasteiger partial charge in [0.1, 0.15) is 5.92 Å². The zero-order valence-electron chi connectivity index (χ0n) is 10.2. The summed E-state index contributed by atoms with van der Waals surface area (Å²) in [5, 5.41) is 0. The van der Waals surface area contributed by atoms with E-state index in [1.807, 2.05) is 0 Å². The molecule has 1 aliphatic carbocycles. The number of rotatable bonds is 6. The monoisotopic (exact) mass is 286 g/mol. The summed E-state index contributed by atoms with van der Waals surface area (Å²) in [5.74, 6) is -7.57. The molecule has 0 bridgehead atoms. The van der Waals surface area contributed by atoms with Gasteiger partial charge in [0.2, 0.25) is 6.29 Å². The van der Waals surface area contributed by atoms with Gasteiger partial charge in [0, 0.05) is 6.61 Å². The predicted octanol–water partition coefficient (Wildman–Crippen LogP) is 3.46. The highest BCUT2D eigenvalue weighted by Crippen LogP contribution is 2.41. The topological polar surface area (TPSA) is 26.3 Å². The molecule has 0 heterocycles. The van der Waals surface area contributed by atoms with Crippen molar-refractivity contribution in [2.24, 2.45) is 5.92 Å². The Kier molecular flexibility index (Phi) is 5.70. The summed E-state index contributed by atoms with van der Waals surface area (Å²) in [7, 11) is 0. The Morgan fingerprint density at radius 1 is 1.21 bits per heavy atom. The maximum atomic E-state index is 12.9. The lowest BCUT2D eigenvalue weighted by atomic mass is 9.97. The minimum Gasteiger partial charge on any atom is -0.378 e. The van der Waals surface area contributed by atoms with Crippen LogP contribution in [0.25, 0.3) is 0 Å². The van der Waals surface area contributed by atoms with E-state index in [1.54, 1.807) is 0 Å². The highest BCUT2D eigenvalue weighted by molar-refractivity contribution is 5.56. The maximum Gasteiger partial charge on any atom is 0.454 e. The Morgan fingerprint density at radius 3 is 2.26 bits per heavy atom. The molecule has 1 fully saturated rings. The quantitative estimate of drug-likeness (QED) is 0.699. The van der Waals surface area contributed by atoms with Crippen LogP contribution in [0.1, 0.15) is 32.1 Å². The molecule has 0 spiro atoms. The molecule has 110 valence electrons. The van der Waals surface area contributed by atoms with Crippen molar-refractivity contribution in [3.05, 3.63) is 6.42 Å². The lowest BCUT2D eigenvalue weighted by molar-refractivity contribution is -0.295. The van der Waals surface area contributed by atoms with Gasteiger partial charge in [-0.25, -0.2) is 0 Å². The lowest BCUT2D eigenvalue weighted by Gasteiger charge is -2.26. The number of alkyl halides is 5. The van der Waals surface area contributed by atoms with Crippen LogP contribution < -0.4 is 0 Å². The Morgan fingerprint density at radius 2 is 1.79 bits per heavy atom. The average Bonchev–Trinajstić information content (AvgIpc) is 2.34. The SMILES string of the molecule is O=[C]C(CCOC1CC[CH]CC1)C(F)(F)C(F)(F)F. The highest BCUT2D eigenvalue weighted by atomic mass is 19.4. The standard InChI is InChI=1S/C12H15F5O2/c13-11(14,12(15,16)17)9(8-18)6-7-19-10-4-2-1-3-5-10/h1,9-10H,2-7H2. The third kappa shape index (κ3) is 4.40. The Hall–Kier alpha value is -0.720. The van der Waals surface area contributed by atoms with E-state index in [2.05, 4.69) is 6.42 Å². The molecule has 19 heavy (non-hydrogen) atoms. The fourth-order valence-corrected chi connectivity index (χ4v) is 1.93. The van der Waals surface area contributed by atoms with Crippen LogP contribution in [0.15, 0.2) is 0 Å². The minimum atomic E-state index is -5.74. The van der Waals surface area contributed by atoms with Gasteiger partial charge in [-0.2, -0.15) is 22.0 Å². The smallest absolute Gasteiger partial charge is 0.378 e. The summed E-state index contributed by atoms with van der Waals surface area (Å²) in [6.45, 7) is -0.295. The van der Waals surface area contributed by atoms with E-state index < -0.39 is 24.4 Å². The van der Waals surface area contributed by atoms with E-state index in [1.165, 1.54) is 0 Å². The van der Waals surface area contributed by atoms with Crippen LogP contribution in [0.3, 0.4) is 0 Å². The van der Waals surface area contributed by atoms with Crippen molar-refractivity contribution in [1.82, 2.24) is 0 Å². The van der Waals surface area contributed by atoms with Crippen molar-refractivity contribution >= 4 is 6.29 Å². The van der Waals surface area contributed by atoms with Gasteiger partial charge in [-0.05, 0) is 38.5 Å². The van der Waals surface area contributed by atoms with E-state index >= 15 is 0 Å². The van der Waals surface area contributed by atoms with E-state index in [4.69, 9.17) is 4.74 Å². The second-order valence-electron chi connectivity index (χ2n) is 4.52. The first-order chi connectivity index (χ1) is 8.79. The first-order valence-electron chi connectivity index (χ1n) is 6.04. The lowest BCUT2D eigenvalue weighted by Crippen LogP contribution is -2.44. The van der Waals surface area contributed by atoms with Crippen LogP contribution in [0, 0.1) is 12.3 Å². The molecule has 1 unspecified atom stereocenters. The second kappa shape index (κ2) is 6.63. The van der Waals surface area contributed by atoms with E-state index in [0.717, 1.165) is 32.0 Å². The molecule has 0 N–H and O–H groups in total. The Balaban J connectivity index is 2.42. The normalized spacial score (nSPS) is 20.3. The molecule has 0 aromatic rings. The first kappa shape index (κ1) is 16.3. The number of carbonyl (C=O) groups excluding carboxylic acids is 1. The largest absolute Gasteiger partial charge is 0.454 e. The molecule has 2 radical (unpaired) electrons. The molecule has 1 saturated carbocycles. The van der Waals surface area contributed by atoms with Gasteiger partial charge in [0.25, 0.3) is 0 Å². The van der Waals surface area contributed by atoms with E-state index in [9.17, 15) is 26.7 Å². The molecule has 2 nitrogen and oxygen atoms in total. The summed E-state index contributed by atoms with van der Waals surface area (Å²) in [6, 6.07) is 0. The minimum absolute atomic E-state index is 0.128. The van der Waals surface area contributed by atoms with Gasteiger partial charge in [0.15, 0.2) is 0 Å². The molecule has 0 aromatic heterocycles. The molecular formula is C12H15F5O2. The van der Waals surface area contributed by atoms with Gasteiger partial charge < -0.3 is 4.74 Å². The number of halogens is 5. The zero-order valence-corrected chi connectivity index (χ0v) is 10.2. The van der Waals surface area contributed by atoms with Crippen molar-refractivity contribution in [2.75, 3.05) is 6.61 Å². The second-order valence-corrected chi connectivity index (χ2v) is 4.52. The van der Waals surface area contributed by atoms with Gasteiger partial charge in [0.05, 0.1) is 6.10 Å². The first-order valence-corrected chi connectivity index (χ1v) is 6.04. The third-order valence-corrected chi connectivity index (χ3v) is 3.10. The Labute approximate surface area is 108 Å². The molecule has 7 heteroatoms. The van der Waals surface area contributed by atoms with Crippen LogP contribution in [0.5, 0.6) is 0 Å². The van der Waals surface area contributed by atoms with E-state index in [-0.39, 0.29) is 12.7 Å². The molecule has 0 aliphatic heterocycles. The van der Waals surface area contributed by atoms with Crippen LogP contribution in [-0.4, -0.2) is 31.1 Å². The predicted molar refractivity (Wildman–Crippen MR) is 57.3 cm³/mol. The molecule has 0 aromatic carbocycles. The summed E-state index contributed by atoms with van der Waals surface area (Å²) >= 11 is 0. The fraction of sp³-hybridized carbons (Fsp3) is 0.833. The summed E-state index contributed by atoms with van der Waals surface area (Å²) < 4.78 is 67.3. The third-order valence-electron chi connectivity index (χ3n) is 3.10. The van der Waals surface area contributed by atoms with Crippen molar-refractivity contribution in [1.29, 1.82) is 0 Å². The van der Waals surface area contributed by atoms with Crippen LogP contribution >= 0.6 is 0 Å². The van der Waals surface area contributed by atoms with Gasteiger partial charge >= 0.3 is 12.1 Å². The van der Waals surface area contributed by atoms with Crippen molar-refractivity contribution in [3.63, 3.8) is 0 Å². The maximum absolute atomic E-state index is 12.9. The molecule has 1 atom stereocenters. The average molecular weight is 286 g/mol. The van der Waals surface area contributed by atoms with Gasteiger partial charge in [-0.1, -0.05) is 0 Å². The molecule has 1 aliphatic rings. The Bertz CT molecular complexity index is 284. The van der Waals surface area contributed by atoms with Crippen molar-refractivity contribution < 1.29 is 31.5 Å². The zero-order chi connectivity index (χ0) is 14.5. The van der Waals surface area contributed by atoms with Crippen LogP contribution in [0.2, 0.25) is 0 Å². The molecule has 0 amide bonds. The molecule has 0 saturated heterocycles.